The normalized spacial score (nSPS) is 29.6. The Labute approximate surface area is 422 Å². The fourth-order valence-corrected chi connectivity index (χ4v) is 12.0. The molecule has 4 fully saturated rings. The third kappa shape index (κ3) is 11.4. The first kappa shape index (κ1) is 56.0. The van der Waals surface area contributed by atoms with Crippen molar-refractivity contribution in [3.63, 3.8) is 0 Å². The predicted molar refractivity (Wildman–Crippen MR) is 263 cm³/mol. The molecule has 3 saturated carbocycles. The van der Waals surface area contributed by atoms with Crippen LogP contribution in [0.2, 0.25) is 0 Å². The summed E-state index contributed by atoms with van der Waals surface area (Å²) >= 11 is 0. The Bertz CT molecular complexity index is 2370. The lowest BCUT2D eigenvalue weighted by atomic mass is 9.48. The maximum atomic E-state index is 15.5. The van der Waals surface area contributed by atoms with Gasteiger partial charge in [0.05, 0.1) is 56.5 Å². The van der Waals surface area contributed by atoms with Crippen LogP contribution < -0.4 is 11.1 Å². The second-order valence-electron chi connectivity index (χ2n) is 20.8. The molecule has 18 nitrogen and oxygen atoms in total. The molecule has 5 aliphatic rings. The third-order valence-electron chi connectivity index (χ3n) is 14.7. The number of esters is 5. The Morgan fingerprint density at radius 2 is 1.58 bits per heavy atom. The number of benzene rings is 2. The number of ketones is 1. The smallest absolute Gasteiger partial charge is 0.408 e. The highest BCUT2D eigenvalue weighted by Gasteiger charge is 2.84. The number of alkyl carbamates (subject to hydrolysis) is 1. The van der Waals surface area contributed by atoms with Crippen LogP contribution in [-0.4, -0.2) is 134 Å². The minimum Gasteiger partial charge on any atom is -0.469 e. The first-order valence-electron chi connectivity index (χ1n) is 24.4. The van der Waals surface area contributed by atoms with Crippen molar-refractivity contribution in [3.8, 4) is 0 Å². The zero-order valence-electron chi connectivity index (χ0n) is 42.9. The summed E-state index contributed by atoms with van der Waals surface area (Å²) in [5.74, 6) is -6.14. The quantitative estimate of drug-likeness (QED) is 0.0612. The van der Waals surface area contributed by atoms with Crippen molar-refractivity contribution >= 4 is 50.3 Å². The van der Waals surface area contributed by atoms with Crippen LogP contribution in [0.15, 0.2) is 71.8 Å². The van der Waals surface area contributed by atoms with Crippen LogP contribution in [0.5, 0.6) is 0 Å². The Morgan fingerprint density at radius 3 is 2.15 bits per heavy atom. The highest BCUT2D eigenvalue weighted by atomic mass is 31.1. The second kappa shape index (κ2) is 22.5. The highest BCUT2D eigenvalue weighted by molar-refractivity contribution is 7.39. The molecule has 0 radical (unpaired) electrons. The van der Waals surface area contributed by atoms with Crippen LogP contribution >= 0.6 is 8.58 Å². The fourth-order valence-electron chi connectivity index (χ4n) is 11.2. The summed E-state index contributed by atoms with van der Waals surface area (Å²) in [5.41, 5.74) is -0.794. The van der Waals surface area contributed by atoms with E-state index in [0.717, 1.165) is 6.16 Å². The summed E-state index contributed by atoms with van der Waals surface area (Å²) in [6.45, 7) is 15.9. The van der Waals surface area contributed by atoms with Crippen LogP contribution in [0.25, 0.3) is 0 Å². The van der Waals surface area contributed by atoms with Crippen molar-refractivity contribution in [2.45, 2.75) is 129 Å². The Morgan fingerprint density at radius 1 is 0.931 bits per heavy atom. The number of carbonyl (C=O) groups excluding carboxylic acids is 7. The molecular weight excluding hydrogens is 952 g/mol. The Kier molecular flexibility index (Phi) is 17.5. The van der Waals surface area contributed by atoms with Crippen molar-refractivity contribution in [1.29, 1.82) is 0 Å². The number of fused-ring (bicyclic) bond motifs is 4. The van der Waals surface area contributed by atoms with E-state index >= 15 is 4.79 Å². The van der Waals surface area contributed by atoms with Gasteiger partial charge in [0, 0.05) is 37.6 Å². The highest BCUT2D eigenvalue weighted by Crippen LogP contribution is 2.74. The summed E-state index contributed by atoms with van der Waals surface area (Å²) in [5, 5.41) is 16.5. The molecule has 1 spiro atoms. The molecule has 7 rings (SSSR count). The Hall–Kier alpha value is -5.26. The molecule has 19 heteroatoms. The molecule has 72 heavy (non-hydrogen) atoms. The van der Waals surface area contributed by atoms with E-state index in [9.17, 15) is 33.9 Å². The SMILES string of the molecule is CC(=O)O[C@H]1C(=O)[C@]23C[C@H]2C[C@H]2OC[C@@]2(OC(C)=O)[C@H]3[C@H](OC(=O)c2ccccc2)[C@]2(O)C[C@H](OC(=O)[C@H](C)[C@@H](NC(=O)OC(C)(C)C)c3ccccc3)C(C)=C1C2(C)C.COC(=O)CPCCOCCN. The number of nitrogens with two attached hydrogens (primary N) is 1. The molecule has 2 bridgehead atoms. The predicted octanol–water partition coefficient (Wildman–Crippen LogP) is 5.56. The van der Waals surface area contributed by atoms with Crippen molar-refractivity contribution in [1.82, 2.24) is 5.32 Å². The van der Waals surface area contributed by atoms with E-state index in [4.69, 9.17) is 38.9 Å². The Balaban J connectivity index is 0.000000625. The van der Waals surface area contributed by atoms with Gasteiger partial charge in [-0.15, -0.1) is 8.58 Å². The molecule has 1 aliphatic heterocycles. The second-order valence-corrected chi connectivity index (χ2v) is 22.2. The minimum absolute atomic E-state index is 0.138. The number of nitrogens with one attached hydrogen (secondary N) is 1. The standard InChI is InChI=1S/C46H55NO13.C7H16NO3P/c1-24-31(57-39(51)25(2)34(28-16-12-10-13-17-28)47-41(53)60-42(5,6)7)22-46(54)38(58-40(52)29-18-14-11-15-19-29)36-44(37(50)35(56-26(3)48)33(24)43(46,8)9)21-30(44)20-32-45(36,23-55-32)59-27(4)49;1-10-7(9)6-12-5-4-11-3-2-8/h10-19,25,30-32,34-36,38,54H,20-23H2,1-9H3,(H,47,53);12H,2-6,8H2,1H3/t25-,30-,31+,32-,34-,35-,36+,38+,44-,45+,46-;/m1./s1. The molecule has 0 aromatic heterocycles. The summed E-state index contributed by atoms with van der Waals surface area (Å²) < 4.78 is 46.2. The van der Waals surface area contributed by atoms with E-state index in [1.54, 1.807) is 109 Å². The van der Waals surface area contributed by atoms with Gasteiger partial charge in [-0.3, -0.25) is 24.0 Å². The molecule has 394 valence electrons. The summed E-state index contributed by atoms with van der Waals surface area (Å²) in [4.78, 5) is 93.9. The molecule has 1 saturated heterocycles. The van der Waals surface area contributed by atoms with Crippen molar-refractivity contribution in [3.05, 3.63) is 82.9 Å². The molecule has 1 amide bonds. The number of Topliss-reactive ketones (excluding diaryl/α,β-unsaturated/α-hetero) is 1. The van der Waals surface area contributed by atoms with Gasteiger partial charge in [0.2, 0.25) is 0 Å². The maximum Gasteiger partial charge on any atom is 0.408 e. The molecule has 4 aliphatic carbocycles. The molecule has 2 aromatic carbocycles. The van der Waals surface area contributed by atoms with E-state index < -0.39 is 106 Å². The maximum absolute atomic E-state index is 15.5. The first-order valence-corrected chi connectivity index (χ1v) is 25.8. The molecule has 1 heterocycles. The number of rotatable bonds is 16. The average Bonchev–Trinajstić information content (AvgIpc) is 4.05. The number of methoxy groups -OCH3 is 1. The van der Waals surface area contributed by atoms with Gasteiger partial charge in [0.15, 0.2) is 17.5 Å². The van der Waals surface area contributed by atoms with E-state index in [0.29, 0.717) is 52.1 Å². The monoisotopic (exact) mass is 1020 g/mol. The lowest BCUT2D eigenvalue weighted by Gasteiger charge is -2.64. The summed E-state index contributed by atoms with van der Waals surface area (Å²) in [7, 11) is 1.99. The van der Waals surface area contributed by atoms with Crippen LogP contribution in [0.3, 0.4) is 0 Å². The number of hydrogen-bond donors (Lipinski definition) is 3. The first-order chi connectivity index (χ1) is 33.9. The summed E-state index contributed by atoms with van der Waals surface area (Å²) in [6, 6.07) is 16.1. The largest absolute Gasteiger partial charge is 0.469 e. The van der Waals surface area contributed by atoms with Gasteiger partial charge in [-0.25, -0.2) is 9.59 Å². The number of aliphatic hydroxyl groups is 1. The van der Waals surface area contributed by atoms with Gasteiger partial charge >= 0.3 is 35.9 Å². The van der Waals surface area contributed by atoms with Crippen molar-refractivity contribution in [2.75, 3.05) is 45.8 Å². The van der Waals surface area contributed by atoms with E-state index in [-0.39, 0.29) is 42.5 Å². The van der Waals surface area contributed by atoms with Crippen LogP contribution in [0.1, 0.15) is 104 Å². The van der Waals surface area contributed by atoms with Gasteiger partial charge in [0.1, 0.15) is 29.5 Å². The molecule has 2 aromatic rings. The number of ether oxygens (including phenoxy) is 8. The third-order valence-corrected chi connectivity index (χ3v) is 15.8. The zero-order valence-corrected chi connectivity index (χ0v) is 43.9. The number of carbonyl (C=O) groups is 7. The van der Waals surface area contributed by atoms with E-state index in [2.05, 4.69) is 10.1 Å². The van der Waals surface area contributed by atoms with Crippen LogP contribution in [0.4, 0.5) is 4.79 Å². The van der Waals surface area contributed by atoms with Crippen molar-refractivity contribution < 1.29 is 76.6 Å². The number of hydrogen-bond acceptors (Lipinski definition) is 17. The topological polar surface area (TPSA) is 252 Å². The van der Waals surface area contributed by atoms with Crippen LogP contribution in [-0.2, 0) is 61.9 Å². The van der Waals surface area contributed by atoms with Crippen molar-refractivity contribution in [2.24, 2.45) is 34.3 Å². The molecular formula is C53H71N2O16P. The minimum atomic E-state index is -2.16. The van der Waals surface area contributed by atoms with E-state index in [1.165, 1.54) is 21.0 Å². The molecule has 1 unspecified atom stereocenters. The van der Waals surface area contributed by atoms with Gasteiger partial charge < -0.3 is 54.1 Å². The zero-order chi connectivity index (χ0) is 53.0. The molecule has 4 N–H and O–H groups in total. The lowest BCUT2D eigenvalue weighted by Crippen LogP contribution is -2.78. The van der Waals surface area contributed by atoms with Gasteiger partial charge in [-0.1, -0.05) is 62.4 Å². The number of amides is 1. The van der Waals surface area contributed by atoms with Gasteiger partial charge in [-0.05, 0) is 88.4 Å². The van der Waals surface area contributed by atoms with Crippen LogP contribution in [0, 0.1) is 28.6 Å². The summed E-state index contributed by atoms with van der Waals surface area (Å²) in [6.07, 6.45) is -4.09. The molecule has 12 atom stereocenters. The van der Waals surface area contributed by atoms with Gasteiger partial charge in [0.25, 0.3) is 0 Å². The van der Waals surface area contributed by atoms with E-state index in [1.807, 2.05) is 0 Å². The fraction of sp³-hybridized carbons (Fsp3) is 0.604. The lowest BCUT2D eigenvalue weighted by molar-refractivity contribution is -0.323. The van der Waals surface area contributed by atoms with Gasteiger partial charge in [-0.2, -0.15) is 0 Å². The average molecular weight is 1020 g/mol.